The lowest BCUT2D eigenvalue weighted by molar-refractivity contribution is 0.562. The first-order chi connectivity index (χ1) is 8.37. The van der Waals surface area contributed by atoms with Gasteiger partial charge < -0.3 is 5.32 Å². The van der Waals surface area contributed by atoms with Gasteiger partial charge in [-0.2, -0.15) is 0 Å². The number of sulfone groups is 1. The molecule has 0 radical (unpaired) electrons. The average molecular weight is 418 g/mol. The summed E-state index contributed by atoms with van der Waals surface area (Å²) in [4.78, 5) is 0. The van der Waals surface area contributed by atoms with Crippen LogP contribution in [0.25, 0.3) is 0 Å². The summed E-state index contributed by atoms with van der Waals surface area (Å²) in [6, 6.07) is 3.52. The van der Waals surface area contributed by atoms with Crippen LogP contribution in [0.2, 0.25) is 5.02 Å². The van der Waals surface area contributed by atoms with Crippen LogP contribution in [0, 0.1) is 0 Å². The second kappa shape index (κ2) is 5.69. The molecule has 18 heavy (non-hydrogen) atoms. The molecule has 1 unspecified atom stereocenters. The van der Waals surface area contributed by atoms with Crippen molar-refractivity contribution in [2.75, 3.05) is 16.8 Å². The third-order valence-corrected chi connectivity index (χ3v) is 6.11. The third-order valence-electron chi connectivity index (χ3n) is 2.82. The van der Waals surface area contributed by atoms with Crippen molar-refractivity contribution in [2.24, 2.45) is 0 Å². The lowest BCUT2D eigenvalue weighted by Gasteiger charge is -2.25. The summed E-state index contributed by atoms with van der Waals surface area (Å²) in [5.41, 5.74) is 0.849. The second-order valence-electron chi connectivity index (χ2n) is 4.34. The van der Waals surface area contributed by atoms with E-state index < -0.39 is 9.84 Å². The molecule has 0 saturated carbocycles. The fourth-order valence-corrected chi connectivity index (χ4v) is 5.55. The predicted molar refractivity (Wildman–Crippen MR) is 82.2 cm³/mol. The molecular formula is C11H12Br2ClNO2S. The summed E-state index contributed by atoms with van der Waals surface area (Å²) in [7, 11) is -2.91. The molecule has 1 aliphatic rings. The molecule has 1 saturated heterocycles. The Morgan fingerprint density at radius 2 is 1.89 bits per heavy atom. The molecule has 0 aliphatic carbocycles. The lowest BCUT2D eigenvalue weighted by atomic mass is 10.1. The summed E-state index contributed by atoms with van der Waals surface area (Å²) >= 11 is 12.8. The maximum absolute atomic E-state index is 11.6. The minimum atomic E-state index is -2.91. The maximum Gasteiger partial charge on any atom is 0.152 e. The van der Waals surface area contributed by atoms with Gasteiger partial charge in [0.15, 0.2) is 9.84 Å². The normalized spacial score (nSPS) is 22.7. The summed E-state index contributed by atoms with van der Waals surface area (Å²) in [6.07, 6.45) is 1.57. The molecule has 0 bridgehead atoms. The highest BCUT2D eigenvalue weighted by atomic mass is 79.9. The topological polar surface area (TPSA) is 46.2 Å². The molecule has 7 heteroatoms. The van der Waals surface area contributed by atoms with Crippen molar-refractivity contribution in [3.63, 3.8) is 0 Å². The average Bonchev–Trinajstić information content (AvgIpc) is 2.22. The van der Waals surface area contributed by atoms with Crippen LogP contribution in [-0.4, -0.2) is 26.0 Å². The third kappa shape index (κ3) is 3.62. The number of hydrogen-bond donors (Lipinski definition) is 1. The van der Waals surface area contributed by atoms with Crippen LogP contribution < -0.4 is 5.32 Å². The van der Waals surface area contributed by atoms with E-state index in [0.29, 0.717) is 17.2 Å². The molecule has 1 aromatic carbocycles. The molecular weight excluding hydrogens is 405 g/mol. The highest BCUT2D eigenvalue weighted by Crippen LogP contribution is 2.35. The zero-order valence-electron chi connectivity index (χ0n) is 9.42. The highest BCUT2D eigenvalue weighted by Gasteiger charge is 2.25. The van der Waals surface area contributed by atoms with Gasteiger partial charge in [0.25, 0.3) is 0 Å². The van der Waals surface area contributed by atoms with Gasteiger partial charge in [0.2, 0.25) is 0 Å². The Balaban J connectivity index is 2.19. The van der Waals surface area contributed by atoms with Crippen molar-refractivity contribution in [1.29, 1.82) is 0 Å². The molecule has 1 aromatic rings. The molecule has 3 nitrogen and oxygen atoms in total. The Morgan fingerprint density at radius 1 is 1.28 bits per heavy atom. The smallest absolute Gasteiger partial charge is 0.152 e. The molecule has 1 N–H and O–H groups in total. The number of halogens is 3. The lowest BCUT2D eigenvalue weighted by Crippen LogP contribution is -2.35. The van der Waals surface area contributed by atoms with Crippen LogP contribution >= 0.6 is 43.5 Å². The van der Waals surface area contributed by atoms with Gasteiger partial charge in [0.1, 0.15) is 0 Å². The van der Waals surface area contributed by atoms with E-state index in [4.69, 9.17) is 11.6 Å². The number of benzene rings is 1. The van der Waals surface area contributed by atoms with Gasteiger partial charge in [-0.25, -0.2) is 8.42 Å². The van der Waals surface area contributed by atoms with Crippen LogP contribution in [0.15, 0.2) is 21.1 Å². The van der Waals surface area contributed by atoms with E-state index in [2.05, 4.69) is 37.2 Å². The van der Waals surface area contributed by atoms with Crippen molar-refractivity contribution in [1.82, 2.24) is 0 Å². The van der Waals surface area contributed by atoms with Crippen molar-refractivity contribution >= 4 is 59.0 Å². The molecule has 0 aromatic heterocycles. The second-order valence-corrected chi connectivity index (χ2v) is 8.72. The zero-order chi connectivity index (χ0) is 13.3. The fourth-order valence-electron chi connectivity index (χ4n) is 2.02. The minimum absolute atomic E-state index is 0.0440. The fraction of sp³-hybridized carbons (Fsp3) is 0.455. The number of hydrogen-bond acceptors (Lipinski definition) is 3. The quantitative estimate of drug-likeness (QED) is 0.795. The van der Waals surface area contributed by atoms with Crippen molar-refractivity contribution < 1.29 is 8.42 Å². The monoisotopic (exact) mass is 415 g/mol. The van der Waals surface area contributed by atoms with Crippen molar-refractivity contribution in [2.45, 2.75) is 18.9 Å². The van der Waals surface area contributed by atoms with Gasteiger partial charge in [-0.15, -0.1) is 0 Å². The number of nitrogens with one attached hydrogen (secondary N) is 1. The van der Waals surface area contributed by atoms with E-state index in [-0.39, 0.29) is 11.8 Å². The standard InChI is InChI=1S/C11H12Br2ClNO2S/c12-9-4-7(14)5-10(13)11(9)15-8-2-1-3-18(16,17)6-8/h4-5,8,15H,1-3,6H2. The molecule has 0 amide bonds. The summed E-state index contributed by atoms with van der Waals surface area (Å²) < 4.78 is 24.8. The van der Waals surface area contributed by atoms with E-state index in [0.717, 1.165) is 21.1 Å². The van der Waals surface area contributed by atoms with Gasteiger partial charge in [-0.05, 0) is 56.8 Å². The molecule has 1 atom stereocenters. The summed E-state index contributed by atoms with van der Waals surface area (Å²) in [6.45, 7) is 0. The largest absolute Gasteiger partial charge is 0.379 e. The SMILES string of the molecule is O=S1(=O)CCCC(Nc2c(Br)cc(Cl)cc2Br)C1. The Bertz CT molecular complexity index is 539. The van der Waals surface area contributed by atoms with Crippen LogP contribution in [0.3, 0.4) is 0 Å². The van der Waals surface area contributed by atoms with E-state index in [1.807, 2.05) is 0 Å². The molecule has 0 spiro atoms. The molecule has 1 heterocycles. The maximum atomic E-state index is 11.6. The van der Waals surface area contributed by atoms with Crippen molar-refractivity contribution in [3.8, 4) is 0 Å². The predicted octanol–water partition coefficient (Wildman–Crippen LogP) is 3.85. The molecule has 100 valence electrons. The first-order valence-corrected chi connectivity index (χ1v) is 9.27. The van der Waals surface area contributed by atoms with Gasteiger partial charge in [-0.1, -0.05) is 11.6 Å². The van der Waals surface area contributed by atoms with Gasteiger partial charge in [0.05, 0.1) is 17.2 Å². The number of rotatable bonds is 2. The van der Waals surface area contributed by atoms with Gasteiger partial charge in [-0.3, -0.25) is 0 Å². The van der Waals surface area contributed by atoms with Crippen LogP contribution in [0.5, 0.6) is 0 Å². The van der Waals surface area contributed by atoms with Crippen LogP contribution in [0.4, 0.5) is 5.69 Å². The van der Waals surface area contributed by atoms with Crippen LogP contribution in [0.1, 0.15) is 12.8 Å². The Morgan fingerprint density at radius 3 is 2.44 bits per heavy atom. The van der Waals surface area contributed by atoms with Crippen LogP contribution in [-0.2, 0) is 9.84 Å². The van der Waals surface area contributed by atoms with Crippen molar-refractivity contribution in [3.05, 3.63) is 26.1 Å². The Labute approximate surface area is 128 Å². The molecule has 1 fully saturated rings. The van der Waals surface area contributed by atoms with Gasteiger partial charge >= 0.3 is 0 Å². The van der Waals surface area contributed by atoms with E-state index in [1.54, 1.807) is 12.1 Å². The molecule has 1 aliphatic heterocycles. The Hall–Kier alpha value is 0.220. The first-order valence-electron chi connectivity index (χ1n) is 5.49. The molecule has 2 rings (SSSR count). The number of anilines is 1. The minimum Gasteiger partial charge on any atom is -0.379 e. The van der Waals surface area contributed by atoms with E-state index in [9.17, 15) is 8.42 Å². The van der Waals surface area contributed by atoms with Gasteiger partial charge in [0, 0.05) is 20.0 Å². The zero-order valence-corrected chi connectivity index (χ0v) is 14.2. The highest BCUT2D eigenvalue weighted by molar-refractivity contribution is 9.11. The van der Waals surface area contributed by atoms with E-state index in [1.165, 1.54) is 0 Å². The summed E-state index contributed by atoms with van der Waals surface area (Å²) in [5.74, 6) is 0.489. The van der Waals surface area contributed by atoms with E-state index >= 15 is 0 Å². The Kier molecular flexibility index (Phi) is 4.62. The first kappa shape index (κ1) is 14.6. The summed E-state index contributed by atoms with van der Waals surface area (Å²) in [5, 5.41) is 3.89.